The first-order valence-electron chi connectivity index (χ1n) is 9.46. The minimum atomic E-state index is -3.77. The Labute approximate surface area is 171 Å². The first-order valence-corrected chi connectivity index (χ1v) is 12.4. The lowest BCUT2D eigenvalue weighted by atomic mass is 10.2. The maximum Gasteiger partial charge on any atom is 0.243 e. The summed E-state index contributed by atoms with van der Waals surface area (Å²) in [5.41, 5.74) is 1.64. The topological polar surface area (TPSA) is 105 Å². The van der Waals surface area contributed by atoms with Gasteiger partial charge in [-0.05, 0) is 54.8 Å². The standard InChI is InChI=1S/C19H23N3O5S2/c23-28(24,21-13-15-4-9-18-19(12-15)27-14-20-18)16-5-7-17(8-6-16)29(25,26)22-10-2-1-3-11-22/h4-9,12,20-21H,1-3,10-11,13-14H2. The molecule has 2 heterocycles. The minimum absolute atomic E-state index is 0.0224. The molecule has 0 aromatic heterocycles. The van der Waals surface area contributed by atoms with Gasteiger partial charge in [0.25, 0.3) is 0 Å². The van der Waals surface area contributed by atoms with E-state index in [1.165, 1.54) is 28.6 Å². The SMILES string of the molecule is O=S(=O)(NCc1ccc2c(c1)OCN2)c1ccc(S(=O)(=O)N2CCCCC2)cc1. The third-order valence-electron chi connectivity index (χ3n) is 5.09. The maximum absolute atomic E-state index is 12.7. The highest BCUT2D eigenvalue weighted by Gasteiger charge is 2.26. The van der Waals surface area contributed by atoms with Crippen molar-refractivity contribution in [3.05, 3.63) is 48.0 Å². The number of benzene rings is 2. The van der Waals surface area contributed by atoms with Gasteiger partial charge >= 0.3 is 0 Å². The van der Waals surface area contributed by atoms with Crippen molar-refractivity contribution in [2.45, 2.75) is 35.6 Å². The Morgan fingerprint density at radius 1 is 0.931 bits per heavy atom. The van der Waals surface area contributed by atoms with Gasteiger partial charge in [-0.1, -0.05) is 12.5 Å². The van der Waals surface area contributed by atoms with Gasteiger partial charge in [-0.25, -0.2) is 21.6 Å². The number of nitrogens with zero attached hydrogens (tertiary/aromatic N) is 1. The quantitative estimate of drug-likeness (QED) is 0.717. The van der Waals surface area contributed by atoms with Crippen LogP contribution in [0.15, 0.2) is 52.3 Å². The second kappa shape index (κ2) is 7.94. The fraction of sp³-hybridized carbons (Fsp3) is 0.368. The predicted octanol–water partition coefficient (Wildman–Crippen LogP) is 2.10. The molecule has 8 nitrogen and oxygen atoms in total. The van der Waals surface area contributed by atoms with Crippen molar-refractivity contribution in [3.63, 3.8) is 0 Å². The molecule has 2 aromatic carbocycles. The molecule has 0 amide bonds. The normalized spacial score (nSPS) is 17.4. The molecule has 2 N–H and O–H groups in total. The summed E-state index contributed by atoms with van der Waals surface area (Å²) in [4.78, 5) is 0.135. The number of ether oxygens (including phenoxy) is 1. The largest absolute Gasteiger partial charge is 0.471 e. The van der Waals surface area contributed by atoms with E-state index in [4.69, 9.17) is 4.74 Å². The summed E-state index contributed by atoms with van der Waals surface area (Å²) in [7, 11) is -7.36. The molecule has 0 spiro atoms. The molecule has 10 heteroatoms. The van der Waals surface area contributed by atoms with Gasteiger partial charge in [-0.3, -0.25) is 0 Å². The first kappa shape index (κ1) is 20.1. The average Bonchev–Trinajstić information content (AvgIpc) is 3.21. The van der Waals surface area contributed by atoms with Gasteiger partial charge in [0.1, 0.15) is 5.75 Å². The molecule has 4 rings (SSSR count). The van der Waals surface area contributed by atoms with Crippen molar-refractivity contribution in [2.75, 3.05) is 25.1 Å². The van der Waals surface area contributed by atoms with Crippen LogP contribution >= 0.6 is 0 Å². The Morgan fingerprint density at radius 3 is 2.34 bits per heavy atom. The van der Waals surface area contributed by atoms with E-state index in [1.807, 2.05) is 12.1 Å². The Balaban J connectivity index is 1.46. The minimum Gasteiger partial charge on any atom is -0.471 e. The molecule has 0 atom stereocenters. The highest BCUT2D eigenvalue weighted by Crippen LogP contribution is 2.30. The third-order valence-corrected chi connectivity index (χ3v) is 8.42. The van der Waals surface area contributed by atoms with E-state index >= 15 is 0 Å². The van der Waals surface area contributed by atoms with Crippen LogP contribution in [0.4, 0.5) is 5.69 Å². The summed E-state index contributed by atoms with van der Waals surface area (Å²) in [6.07, 6.45) is 2.72. The van der Waals surface area contributed by atoms with Gasteiger partial charge in [0, 0.05) is 19.6 Å². The van der Waals surface area contributed by atoms with Crippen molar-refractivity contribution in [3.8, 4) is 5.75 Å². The first-order chi connectivity index (χ1) is 13.9. The van der Waals surface area contributed by atoms with E-state index in [0.717, 1.165) is 30.5 Å². The number of piperidine rings is 1. The van der Waals surface area contributed by atoms with Crippen LogP contribution in [-0.4, -0.2) is 41.0 Å². The molecule has 0 bridgehead atoms. The molecule has 29 heavy (non-hydrogen) atoms. The summed E-state index contributed by atoms with van der Waals surface area (Å²) >= 11 is 0. The summed E-state index contributed by atoms with van der Waals surface area (Å²) in [6, 6.07) is 10.8. The number of nitrogens with one attached hydrogen (secondary N) is 2. The molecule has 0 radical (unpaired) electrons. The summed E-state index contributed by atoms with van der Waals surface area (Å²) in [5.74, 6) is 0.689. The summed E-state index contributed by atoms with van der Waals surface area (Å²) in [6.45, 7) is 1.51. The van der Waals surface area contributed by atoms with Crippen LogP contribution in [-0.2, 0) is 26.6 Å². The Bertz CT molecular complexity index is 1090. The van der Waals surface area contributed by atoms with Crippen molar-refractivity contribution in [1.29, 1.82) is 0 Å². The molecule has 2 aliphatic rings. The Kier molecular flexibility index (Phi) is 5.52. The van der Waals surface area contributed by atoms with E-state index in [0.29, 0.717) is 25.6 Å². The molecular weight excluding hydrogens is 414 g/mol. The van der Waals surface area contributed by atoms with Crippen LogP contribution in [0.5, 0.6) is 5.75 Å². The second-order valence-electron chi connectivity index (χ2n) is 7.06. The fourth-order valence-corrected chi connectivity index (χ4v) is 5.98. The smallest absolute Gasteiger partial charge is 0.243 e. The molecule has 0 aliphatic carbocycles. The predicted molar refractivity (Wildman–Crippen MR) is 109 cm³/mol. The van der Waals surface area contributed by atoms with Crippen LogP contribution < -0.4 is 14.8 Å². The lowest BCUT2D eigenvalue weighted by Crippen LogP contribution is -2.35. The van der Waals surface area contributed by atoms with E-state index < -0.39 is 20.0 Å². The number of rotatable bonds is 6. The monoisotopic (exact) mass is 437 g/mol. The van der Waals surface area contributed by atoms with Gasteiger partial charge in [0.15, 0.2) is 6.73 Å². The van der Waals surface area contributed by atoms with Gasteiger partial charge in [0.2, 0.25) is 20.0 Å². The van der Waals surface area contributed by atoms with Gasteiger partial charge in [-0.15, -0.1) is 0 Å². The molecule has 156 valence electrons. The van der Waals surface area contributed by atoms with Crippen LogP contribution in [0.2, 0.25) is 0 Å². The van der Waals surface area contributed by atoms with Crippen molar-refractivity contribution >= 4 is 25.7 Å². The zero-order valence-electron chi connectivity index (χ0n) is 15.8. The zero-order chi connectivity index (χ0) is 20.5. The molecule has 1 saturated heterocycles. The lowest BCUT2D eigenvalue weighted by molar-refractivity contribution is 0.346. The number of anilines is 1. The van der Waals surface area contributed by atoms with E-state index in [1.54, 1.807) is 6.07 Å². The number of sulfonamides is 2. The maximum atomic E-state index is 12.7. The molecular formula is C19H23N3O5S2. The van der Waals surface area contributed by atoms with Crippen LogP contribution in [0.1, 0.15) is 24.8 Å². The zero-order valence-corrected chi connectivity index (χ0v) is 17.4. The number of fused-ring (bicyclic) bond motifs is 1. The van der Waals surface area contributed by atoms with Crippen LogP contribution in [0.3, 0.4) is 0 Å². The Morgan fingerprint density at radius 2 is 1.62 bits per heavy atom. The van der Waals surface area contributed by atoms with Crippen LogP contribution in [0, 0.1) is 0 Å². The summed E-state index contributed by atoms with van der Waals surface area (Å²) < 4.78 is 60.0. The van der Waals surface area contributed by atoms with Gasteiger partial charge in [-0.2, -0.15) is 4.31 Å². The number of hydrogen-bond donors (Lipinski definition) is 2. The Hall–Kier alpha value is -2.14. The molecule has 2 aliphatic heterocycles. The molecule has 2 aromatic rings. The van der Waals surface area contributed by atoms with Crippen molar-refractivity contribution in [2.24, 2.45) is 0 Å². The summed E-state index contributed by atoms with van der Waals surface area (Å²) in [5, 5.41) is 3.05. The van der Waals surface area contributed by atoms with E-state index in [2.05, 4.69) is 10.0 Å². The average molecular weight is 438 g/mol. The van der Waals surface area contributed by atoms with E-state index in [-0.39, 0.29) is 16.3 Å². The van der Waals surface area contributed by atoms with Gasteiger partial charge < -0.3 is 10.1 Å². The van der Waals surface area contributed by atoms with Gasteiger partial charge in [0.05, 0.1) is 15.5 Å². The van der Waals surface area contributed by atoms with Crippen molar-refractivity contribution in [1.82, 2.24) is 9.03 Å². The molecule has 0 unspecified atom stereocenters. The lowest BCUT2D eigenvalue weighted by Gasteiger charge is -2.25. The third kappa shape index (κ3) is 4.25. The van der Waals surface area contributed by atoms with Crippen LogP contribution in [0.25, 0.3) is 0 Å². The van der Waals surface area contributed by atoms with Crippen molar-refractivity contribution < 1.29 is 21.6 Å². The highest BCUT2D eigenvalue weighted by atomic mass is 32.2. The second-order valence-corrected chi connectivity index (χ2v) is 10.8. The number of hydrogen-bond acceptors (Lipinski definition) is 6. The van der Waals surface area contributed by atoms with E-state index in [9.17, 15) is 16.8 Å². The highest BCUT2D eigenvalue weighted by molar-refractivity contribution is 7.89. The molecule has 0 saturated carbocycles. The molecule has 1 fully saturated rings. The fourth-order valence-electron chi connectivity index (χ4n) is 3.44.